The fourth-order valence-electron chi connectivity index (χ4n) is 1.25. The molecule has 1 rings (SSSR count). The third-order valence-corrected chi connectivity index (χ3v) is 2.03. The maximum Gasteiger partial charge on any atom is 0.389 e. The molecule has 0 saturated heterocycles. The second-order valence-electron chi connectivity index (χ2n) is 3.15. The number of hydrogen-bond donors (Lipinski definition) is 2. The molecule has 3 nitrogen and oxygen atoms in total. The minimum atomic E-state index is -4.15. The lowest BCUT2D eigenvalue weighted by molar-refractivity contribution is -0.136. The van der Waals surface area contributed by atoms with Crippen LogP contribution in [0.2, 0.25) is 0 Å². The predicted octanol–water partition coefficient (Wildman–Crippen LogP) is 1.93. The van der Waals surface area contributed by atoms with Crippen molar-refractivity contribution in [3.63, 3.8) is 0 Å². The average Bonchev–Trinajstić information content (AvgIpc) is 2.19. The molecule has 0 aliphatic carbocycles. The molecule has 0 aromatic carbocycles. The Morgan fingerprint density at radius 3 is 2.40 bits per heavy atom. The number of nitrogens with two attached hydrogens (primary N) is 1. The Kier molecular flexibility index (Phi) is 4.05. The van der Waals surface area contributed by atoms with Gasteiger partial charge in [0.25, 0.3) is 0 Å². The van der Waals surface area contributed by atoms with Crippen molar-refractivity contribution in [3.8, 4) is 0 Å². The third-order valence-electron chi connectivity index (χ3n) is 2.03. The van der Waals surface area contributed by atoms with Crippen LogP contribution in [0.5, 0.6) is 0 Å². The van der Waals surface area contributed by atoms with Gasteiger partial charge in [-0.25, -0.2) is 0 Å². The monoisotopic (exact) mass is 219 g/mol. The van der Waals surface area contributed by atoms with Gasteiger partial charge in [0, 0.05) is 24.9 Å². The van der Waals surface area contributed by atoms with Gasteiger partial charge in [0.15, 0.2) is 0 Å². The van der Waals surface area contributed by atoms with E-state index in [1.807, 2.05) is 0 Å². The first-order chi connectivity index (χ1) is 7.03. The van der Waals surface area contributed by atoms with Crippen LogP contribution in [-0.2, 0) is 0 Å². The van der Waals surface area contributed by atoms with E-state index in [1.54, 1.807) is 12.1 Å². The highest BCUT2D eigenvalue weighted by atomic mass is 19.4. The van der Waals surface area contributed by atoms with Crippen LogP contribution in [0.1, 0.15) is 24.4 Å². The normalized spacial score (nSPS) is 13.9. The Bertz CT molecular complexity index is 286. The Hall–Kier alpha value is -1.14. The Balaban J connectivity index is 2.58. The smallest absolute Gasteiger partial charge is 0.271 e. The van der Waals surface area contributed by atoms with Crippen LogP contribution in [0.15, 0.2) is 24.5 Å². The summed E-state index contributed by atoms with van der Waals surface area (Å²) in [5.41, 5.74) is 3.07. The average molecular weight is 219 g/mol. The van der Waals surface area contributed by atoms with E-state index in [4.69, 9.17) is 5.84 Å². The summed E-state index contributed by atoms with van der Waals surface area (Å²) in [7, 11) is 0. The van der Waals surface area contributed by atoms with E-state index in [-0.39, 0.29) is 6.42 Å². The predicted molar refractivity (Wildman–Crippen MR) is 49.6 cm³/mol. The number of hydrogen-bond acceptors (Lipinski definition) is 3. The van der Waals surface area contributed by atoms with Crippen LogP contribution in [-0.4, -0.2) is 11.2 Å². The van der Waals surface area contributed by atoms with E-state index >= 15 is 0 Å². The molecule has 1 unspecified atom stereocenters. The molecule has 0 fully saturated rings. The van der Waals surface area contributed by atoms with Gasteiger partial charge in [0.1, 0.15) is 0 Å². The van der Waals surface area contributed by atoms with Gasteiger partial charge in [0.2, 0.25) is 0 Å². The lowest BCUT2D eigenvalue weighted by Gasteiger charge is -2.16. The first-order valence-electron chi connectivity index (χ1n) is 4.46. The van der Waals surface area contributed by atoms with Gasteiger partial charge < -0.3 is 0 Å². The van der Waals surface area contributed by atoms with E-state index in [2.05, 4.69) is 10.4 Å². The number of rotatable bonds is 4. The minimum Gasteiger partial charge on any atom is -0.271 e. The number of nitrogens with zero attached hydrogens (tertiary/aromatic N) is 1. The molecule has 0 saturated carbocycles. The van der Waals surface area contributed by atoms with Crippen molar-refractivity contribution in [2.24, 2.45) is 5.84 Å². The molecule has 0 aliphatic heterocycles. The Labute approximate surface area is 85.5 Å². The first kappa shape index (κ1) is 11.9. The molecule has 15 heavy (non-hydrogen) atoms. The summed E-state index contributed by atoms with van der Waals surface area (Å²) in [6, 6.07) is 2.79. The van der Waals surface area contributed by atoms with Crippen molar-refractivity contribution in [3.05, 3.63) is 30.1 Å². The summed E-state index contributed by atoms with van der Waals surface area (Å²) < 4.78 is 36.0. The molecule has 0 bridgehead atoms. The van der Waals surface area contributed by atoms with Gasteiger partial charge in [0.05, 0.1) is 0 Å². The number of pyridine rings is 1. The molecule has 0 aliphatic rings. The fourth-order valence-corrected chi connectivity index (χ4v) is 1.25. The molecule has 1 atom stereocenters. The van der Waals surface area contributed by atoms with E-state index in [0.717, 1.165) is 0 Å². The summed E-state index contributed by atoms with van der Waals surface area (Å²) in [5.74, 6) is 5.20. The van der Waals surface area contributed by atoms with E-state index < -0.39 is 18.6 Å². The zero-order valence-electron chi connectivity index (χ0n) is 7.96. The molecule has 0 radical (unpaired) electrons. The number of aromatic nitrogens is 1. The van der Waals surface area contributed by atoms with Crippen molar-refractivity contribution < 1.29 is 13.2 Å². The molecule has 84 valence electrons. The summed E-state index contributed by atoms with van der Waals surface area (Å²) >= 11 is 0. The maximum absolute atomic E-state index is 12.0. The van der Waals surface area contributed by atoms with Gasteiger partial charge in [-0.3, -0.25) is 16.3 Å². The van der Waals surface area contributed by atoms with Crippen LogP contribution >= 0.6 is 0 Å². The third kappa shape index (κ3) is 4.26. The van der Waals surface area contributed by atoms with Crippen molar-refractivity contribution in [1.82, 2.24) is 10.4 Å². The van der Waals surface area contributed by atoms with Crippen molar-refractivity contribution in [1.29, 1.82) is 0 Å². The van der Waals surface area contributed by atoms with Crippen molar-refractivity contribution >= 4 is 0 Å². The van der Waals surface area contributed by atoms with Crippen LogP contribution in [0.3, 0.4) is 0 Å². The zero-order valence-corrected chi connectivity index (χ0v) is 7.96. The van der Waals surface area contributed by atoms with Crippen molar-refractivity contribution in [2.45, 2.75) is 25.1 Å². The highest BCUT2D eigenvalue weighted by molar-refractivity contribution is 5.14. The highest BCUT2D eigenvalue weighted by Gasteiger charge is 2.28. The molecule has 1 aromatic rings. The lowest BCUT2D eigenvalue weighted by Crippen LogP contribution is -2.29. The molecular formula is C9H12F3N3. The first-order valence-corrected chi connectivity index (χ1v) is 4.46. The van der Waals surface area contributed by atoms with Crippen molar-refractivity contribution in [2.75, 3.05) is 0 Å². The quantitative estimate of drug-likeness (QED) is 0.601. The second kappa shape index (κ2) is 5.09. The molecule has 1 aromatic heterocycles. The van der Waals surface area contributed by atoms with Gasteiger partial charge in [-0.2, -0.15) is 13.2 Å². The number of nitrogens with one attached hydrogen (secondary N) is 1. The van der Waals surface area contributed by atoms with E-state index in [1.165, 1.54) is 12.4 Å². The lowest BCUT2D eigenvalue weighted by atomic mass is 10.0. The number of halogens is 3. The molecule has 0 spiro atoms. The summed E-state index contributed by atoms with van der Waals surface area (Å²) in [6.07, 6.45) is -2.04. The topological polar surface area (TPSA) is 50.9 Å². The largest absolute Gasteiger partial charge is 0.389 e. The number of hydrazine groups is 1. The molecule has 1 heterocycles. The van der Waals surface area contributed by atoms with E-state index in [9.17, 15) is 13.2 Å². The SMILES string of the molecule is NNC(CCC(F)(F)F)c1ccncc1. The minimum absolute atomic E-state index is 0.0794. The molecule has 0 amide bonds. The van der Waals surface area contributed by atoms with Gasteiger partial charge >= 0.3 is 6.18 Å². The van der Waals surface area contributed by atoms with Crippen LogP contribution in [0.25, 0.3) is 0 Å². The maximum atomic E-state index is 12.0. The van der Waals surface area contributed by atoms with Crippen LogP contribution in [0, 0.1) is 0 Å². The van der Waals surface area contributed by atoms with E-state index in [0.29, 0.717) is 5.56 Å². The fraction of sp³-hybridized carbons (Fsp3) is 0.444. The standard InChI is InChI=1S/C9H12F3N3/c10-9(11,12)4-1-8(15-13)7-2-5-14-6-3-7/h2-3,5-6,8,15H,1,4,13H2. The second-order valence-corrected chi connectivity index (χ2v) is 3.15. The molecular weight excluding hydrogens is 207 g/mol. The van der Waals surface area contributed by atoms with Gasteiger partial charge in [-0.05, 0) is 24.1 Å². The molecule has 6 heteroatoms. The summed E-state index contributed by atoms with van der Waals surface area (Å²) in [5, 5.41) is 0. The zero-order chi connectivity index (χ0) is 11.3. The van der Waals surface area contributed by atoms with Gasteiger partial charge in [-0.15, -0.1) is 0 Å². The van der Waals surface area contributed by atoms with Crippen LogP contribution < -0.4 is 11.3 Å². The molecule has 3 N–H and O–H groups in total. The van der Waals surface area contributed by atoms with Gasteiger partial charge in [-0.1, -0.05) is 0 Å². The summed E-state index contributed by atoms with van der Waals surface area (Å²) in [4.78, 5) is 3.78. The summed E-state index contributed by atoms with van der Waals surface area (Å²) in [6.45, 7) is 0. The Morgan fingerprint density at radius 2 is 1.93 bits per heavy atom. The Morgan fingerprint density at radius 1 is 1.33 bits per heavy atom. The number of alkyl halides is 3. The highest BCUT2D eigenvalue weighted by Crippen LogP contribution is 2.26. The van der Waals surface area contributed by atoms with Crippen LogP contribution in [0.4, 0.5) is 13.2 Å².